The summed E-state index contributed by atoms with van der Waals surface area (Å²) in [6, 6.07) is 8.95. The van der Waals surface area contributed by atoms with Crippen LogP contribution in [0.25, 0.3) is 6.08 Å². The van der Waals surface area contributed by atoms with Crippen LogP contribution in [0.15, 0.2) is 51.4 Å². The number of nitrogens with zero attached hydrogens (tertiary/aromatic N) is 4. The van der Waals surface area contributed by atoms with Crippen molar-refractivity contribution < 1.29 is 9.53 Å². The molecule has 7 nitrogen and oxygen atoms in total. The Kier molecular flexibility index (Phi) is 5.97. The molecule has 3 heterocycles. The van der Waals surface area contributed by atoms with Crippen molar-refractivity contribution in [1.29, 1.82) is 0 Å². The van der Waals surface area contributed by atoms with E-state index < -0.39 is 12.0 Å². The first-order valence-corrected chi connectivity index (χ1v) is 11.5. The first kappa shape index (κ1) is 22.0. The van der Waals surface area contributed by atoms with Gasteiger partial charge in [-0.2, -0.15) is 5.10 Å². The van der Waals surface area contributed by atoms with Gasteiger partial charge < -0.3 is 4.74 Å². The number of carbonyl (C=O) groups is 1. The Morgan fingerprint density at radius 3 is 2.53 bits per heavy atom. The maximum atomic E-state index is 13.6. The van der Waals surface area contributed by atoms with Crippen LogP contribution in [0.2, 0.25) is 0 Å². The van der Waals surface area contributed by atoms with E-state index in [2.05, 4.69) is 10.1 Å². The maximum absolute atomic E-state index is 13.6. The molecule has 2 aromatic heterocycles. The van der Waals surface area contributed by atoms with Crippen LogP contribution in [0.4, 0.5) is 0 Å². The van der Waals surface area contributed by atoms with Crippen LogP contribution in [-0.2, 0) is 16.1 Å². The summed E-state index contributed by atoms with van der Waals surface area (Å²) in [6.07, 6.45) is 1.89. The lowest BCUT2D eigenvalue weighted by molar-refractivity contribution is -0.139. The molecule has 0 radical (unpaired) electrons. The number of ether oxygens (including phenoxy) is 1. The van der Waals surface area contributed by atoms with Gasteiger partial charge in [0.05, 0.1) is 34.1 Å². The Morgan fingerprint density at radius 2 is 1.91 bits per heavy atom. The van der Waals surface area contributed by atoms with Crippen LogP contribution in [0.5, 0.6) is 0 Å². The van der Waals surface area contributed by atoms with Gasteiger partial charge in [0.15, 0.2) is 4.80 Å². The smallest absolute Gasteiger partial charge is 0.338 e. The molecule has 1 aliphatic heterocycles. The first-order valence-electron chi connectivity index (χ1n) is 10.7. The standard InChI is InChI=1S/C24H26N4O3S/c1-6-27-16(5)18(14(3)26-27)13-19-22(29)28-21(17-11-9-8-10-12-17)20(23(30)31-7-2)15(4)25-24(28)32-19/h8-13,21H,6-7H2,1-5H3/b19-13-. The molecule has 3 aromatic rings. The summed E-state index contributed by atoms with van der Waals surface area (Å²) in [6.45, 7) is 10.6. The summed E-state index contributed by atoms with van der Waals surface area (Å²) >= 11 is 1.33. The SMILES string of the molecule is CCOC(=O)C1=C(C)N=c2s/c(=C\c3c(C)nn(CC)c3C)c(=O)n2C1c1ccccc1. The highest BCUT2D eigenvalue weighted by atomic mass is 32.1. The monoisotopic (exact) mass is 450 g/mol. The van der Waals surface area contributed by atoms with Gasteiger partial charge in [-0.3, -0.25) is 14.0 Å². The van der Waals surface area contributed by atoms with Crippen molar-refractivity contribution in [1.82, 2.24) is 14.3 Å². The molecule has 1 atom stereocenters. The average Bonchev–Trinajstić information content (AvgIpc) is 3.23. The number of esters is 1. The fraction of sp³-hybridized carbons (Fsp3) is 0.333. The van der Waals surface area contributed by atoms with E-state index in [0.717, 1.165) is 29.1 Å². The summed E-state index contributed by atoms with van der Waals surface area (Å²) in [5.41, 5.74) is 4.44. The number of aryl methyl sites for hydroxylation is 2. The highest BCUT2D eigenvalue weighted by molar-refractivity contribution is 7.07. The van der Waals surface area contributed by atoms with E-state index in [1.165, 1.54) is 11.3 Å². The Morgan fingerprint density at radius 1 is 1.19 bits per heavy atom. The van der Waals surface area contributed by atoms with Crippen LogP contribution in [0.1, 0.15) is 49.3 Å². The van der Waals surface area contributed by atoms with Gasteiger partial charge >= 0.3 is 5.97 Å². The topological polar surface area (TPSA) is 78.5 Å². The van der Waals surface area contributed by atoms with Crippen molar-refractivity contribution in [3.8, 4) is 0 Å². The zero-order valence-corrected chi connectivity index (χ0v) is 19.7. The van der Waals surface area contributed by atoms with E-state index in [1.54, 1.807) is 18.4 Å². The van der Waals surface area contributed by atoms with Crippen molar-refractivity contribution in [2.24, 2.45) is 4.99 Å². The number of benzene rings is 1. The predicted octanol–water partition coefficient (Wildman–Crippen LogP) is 2.63. The van der Waals surface area contributed by atoms with Crippen molar-refractivity contribution in [3.63, 3.8) is 0 Å². The summed E-state index contributed by atoms with van der Waals surface area (Å²) in [7, 11) is 0. The lowest BCUT2D eigenvalue weighted by Crippen LogP contribution is -2.39. The molecular formula is C24H26N4O3S. The maximum Gasteiger partial charge on any atom is 0.338 e. The van der Waals surface area contributed by atoms with Crippen LogP contribution in [-0.4, -0.2) is 26.9 Å². The third-order valence-electron chi connectivity index (χ3n) is 5.64. The van der Waals surface area contributed by atoms with E-state index in [9.17, 15) is 9.59 Å². The van der Waals surface area contributed by atoms with E-state index in [-0.39, 0.29) is 12.2 Å². The molecule has 1 unspecified atom stereocenters. The third-order valence-corrected chi connectivity index (χ3v) is 6.63. The molecule has 8 heteroatoms. The van der Waals surface area contributed by atoms with Crippen molar-refractivity contribution in [2.45, 2.75) is 47.2 Å². The molecule has 0 aliphatic carbocycles. The highest BCUT2D eigenvalue weighted by Gasteiger charge is 2.33. The van der Waals surface area contributed by atoms with E-state index >= 15 is 0 Å². The summed E-state index contributed by atoms with van der Waals surface area (Å²) in [5.74, 6) is -0.451. The molecule has 0 N–H and O–H groups in total. The van der Waals surface area contributed by atoms with Crippen LogP contribution in [0, 0.1) is 13.8 Å². The molecule has 0 amide bonds. The van der Waals surface area contributed by atoms with Crippen molar-refractivity contribution >= 4 is 23.4 Å². The van der Waals surface area contributed by atoms with Gasteiger partial charge in [0.25, 0.3) is 5.56 Å². The fourth-order valence-electron chi connectivity index (χ4n) is 4.10. The number of aromatic nitrogens is 3. The number of carbonyl (C=O) groups excluding carboxylic acids is 1. The molecule has 4 rings (SSSR count). The molecule has 0 saturated carbocycles. The third kappa shape index (κ3) is 3.64. The van der Waals surface area contributed by atoms with E-state index in [1.807, 2.05) is 61.9 Å². The van der Waals surface area contributed by atoms with Crippen molar-refractivity contribution in [3.05, 3.63) is 83.8 Å². The van der Waals surface area contributed by atoms with Gasteiger partial charge in [0.2, 0.25) is 0 Å². The Labute approximate surface area is 190 Å². The zero-order chi connectivity index (χ0) is 23.0. The summed E-state index contributed by atoms with van der Waals surface area (Å²) in [5, 5.41) is 4.56. The largest absolute Gasteiger partial charge is 0.463 e. The molecule has 0 fully saturated rings. The number of thiazole rings is 1. The minimum absolute atomic E-state index is 0.181. The Balaban J connectivity index is 1.97. The van der Waals surface area contributed by atoms with E-state index in [0.29, 0.717) is 20.6 Å². The Bertz CT molecular complexity index is 1390. The van der Waals surface area contributed by atoms with Crippen LogP contribution >= 0.6 is 11.3 Å². The second kappa shape index (κ2) is 8.70. The summed E-state index contributed by atoms with van der Waals surface area (Å²) in [4.78, 5) is 31.7. The quantitative estimate of drug-likeness (QED) is 0.560. The number of fused-ring (bicyclic) bond motifs is 1. The lowest BCUT2D eigenvalue weighted by atomic mass is 9.96. The highest BCUT2D eigenvalue weighted by Crippen LogP contribution is 2.30. The zero-order valence-electron chi connectivity index (χ0n) is 18.9. The number of rotatable bonds is 5. The number of hydrogen-bond acceptors (Lipinski definition) is 6. The van der Waals surface area contributed by atoms with Crippen LogP contribution in [0.3, 0.4) is 0 Å². The second-order valence-corrected chi connectivity index (χ2v) is 8.62. The average molecular weight is 451 g/mol. The normalized spacial score (nSPS) is 16.2. The fourth-order valence-corrected chi connectivity index (χ4v) is 5.13. The molecule has 0 spiro atoms. The van der Waals surface area contributed by atoms with Crippen molar-refractivity contribution in [2.75, 3.05) is 6.61 Å². The molecule has 1 aliphatic rings. The molecular weight excluding hydrogens is 424 g/mol. The Hall–Kier alpha value is -3.26. The van der Waals surface area contributed by atoms with Gasteiger partial charge in [0, 0.05) is 17.8 Å². The predicted molar refractivity (Wildman–Crippen MR) is 124 cm³/mol. The number of allylic oxidation sites excluding steroid dienone is 1. The minimum Gasteiger partial charge on any atom is -0.463 e. The van der Waals surface area contributed by atoms with E-state index in [4.69, 9.17) is 4.74 Å². The molecule has 166 valence electrons. The van der Waals surface area contributed by atoms with Gasteiger partial charge in [-0.1, -0.05) is 41.7 Å². The number of hydrogen-bond donors (Lipinski definition) is 0. The van der Waals surface area contributed by atoms with Gasteiger partial charge in [0.1, 0.15) is 0 Å². The summed E-state index contributed by atoms with van der Waals surface area (Å²) < 4.78 is 9.42. The molecule has 1 aromatic carbocycles. The van der Waals surface area contributed by atoms with Crippen LogP contribution < -0.4 is 14.9 Å². The van der Waals surface area contributed by atoms with Gasteiger partial charge in [-0.15, -0.1) is 0 Å². The second-order valence-electron chi connectivity index (χ2n) is 7.61. The molecule has 0 saturated heterocycles. The van der Waals surface area contributed by atoms with Gasteiger partial charge in [-0.05, 0) is 46.3 Å². The molecule has 32 heavy (non-hydrogen) atoms. The first-order chi connectivity index (χ1) is 15.4. The van der Waals surface area contributed by atoms with Gasteiger partial charge in [-0.25, -0.2) is 9.79 Å². The minimum atomic E-state index is -0.589. The lowest BCUT2D eigenvalue weighted by Gasteiger charge is -2.24. The molecule has 0 bridgehead atoms.